The van der Waals surface area contributed by atoms with E-state index in [1.165, 1.54) is 11.3 Å². The van der Waals surface area contributed by atoms with Crippen LogP contribution in [-0.4, -0.2) is 35.0 Å². The Bertz CT molecular complexity index is 539. The maximum atomic E-state index is 12.5. The van der Waals surface area contributed by atoms with Crippen LogP contribution < -0.4 is 0 Å². The van der Waals surface area contributed by atoms with Crippen molar-refractivity contribution in [2.24, 2.45) is 11.3 Å². The minimum absolute atomic E-state index is 0.00576. The molecule has 2 atom stereocenters. The Morgan fingerprint density at radius 1 is 1.47 bits per heavy atom. The summed E-state index contributed by atoms with van der Waals surface area (Å²) in [7, 11) is 0. The molecule has 4 nitrogen and oxygen atoms in total. The van der Waals surface area contributed by atoms with Gasteiger partial charge in [0.05, 0.1) is 11.0 Å². The average Bonchev–Trinajstić information content (AvgIpc) is 3.00. The molecule has 2 heterocycles. The third-order valence-corrected chi connectivity index (χ3v) is 5.53. The van der Waals surface area contributed by atoms with E-state index in [4.69, 9.17) is 0 Å². The van der Waals surface area contributed by atoms with Gasteiger partial charge in [-0.1, -0.05) is 6.42 Å². The Morgan fingerprint density at radius 3 is 2.84 bits per heavy atom. The van der Waals surface area contributed by atoms with Crippen LogP contribution in [0.3, 0.4) is 0 Å². The summed E-state index contributed by atoms with van der Waals surface area (Å²) in [5.41, 5.74) is 1.03. The Morgan fingerprint density at radius 2 is 2.26 bits per heavy atom. The highest BCUT2D eigenvalue weighted by Gasteiger charge is 2.55. The molecule has 19 heavy (non-hydrogen) atoms. The number of aliphatic carboxylic acids is 1. The largest absolute Gasteiger partial charge is 0.481 e. The number of carboxylic acids is 1. The molecule has 0 bridgehead atoms. The predicted molar refractivity (Wildman–Crippen MR) is 72.4 cm³/mol. The van der Waals surface area contributed by atoms with Gasteiger partial charge in [0.2, 0.25) is 0 Å². The molecule has 2 fully saturated rings. The van der Waals surface area contributed by atoms with E-state index in [-0.39, 0.29) is 11.8 Å². The SMILES string of the molecule is Cc1cscc1C(=O)N1C[C@@H]2CCC[C@@]2(C(=O)O)C1. The summed E-state index contributed by atoms with van der Waals surface area (Å²) in [4.78, 5) is 25.8. The van der Waals surface area contributed by atoms with Gasteiger partial charge >= 0.3 is 5.97 Å². The van der Waals surface area contributed by atoms with E-state index >= 15 is 0 Å². The second kappa shape index (κ2) is 4.34. The zero-order chi connectivity index (χ0) is 13.6. The van der Waals surface area contributed by atoms with Crippen molar-refractivity contribution < 1.29 is 14.7 Å². The highest BCUT2D eigenvalue weighted by molar-refractivity contribution is 7.08. The fourth-order valence-electron chi connectivity index (χ4n) is 3.54. The summed E-state index contributed by atoms with van der Waals surface area (Å²) in [6.07, 6.45) is 2.61. The van der Waals surface area contributed by atoms with Crippen LogP contribution in [0.5, 0.6) is 0 Å². The minimum Gasteiger partial charge on any atom is -0.481 e. The lowest BCUT2D eigenvalue weighted by atomic mass is 9.81. The number of fused-ring (bicyclic) bond motifs is 1. The molecule has 1 aliphatic carbocycles. The van der Waals surface area contributed by atoms with Gasteiger partial charge in [-0.05, 0) is 36.6 Å². The number of hydrogen-bond acceptors (Lipinski definition) is 3. The lowest BCUT2D eigenvalue weighted by molar-refractivity contribution is -0.149. The maximum absolute atomic E-state index is 12.5. The highest BCUT2D eigenvalue weighted by Crippen LogP contribution is 2.49. The van der Waals surface area contributed by atoms with Crippen molar-refractivity contribution in [3.63, 3.8) is 0 Å². The monoisotopic (exact) mass is 279 g/mol. The molecule has 0 unspecified atom stereocenters. The van der Waals surface area contributed by atoms with Gasteiger partial charge in [-0.25, -0.2) is 0 Å². The molecular formula is C14H17NO3S. The van der Waals surface area contributed by atoms with Crippen LogP contribution in [-0.2, 0) is 4.79 Å². The van der Waals surface area contributed by atoms with Gasteiger partial charge in [-0.15, -0.1) is 0 Å². The molecule has 0 radical (unpaired) electrons. The number of rotatable bonds is 2. The first-order chi connectivity index (χ1) is 9.04. The smallest absolute Gasteiger partial charge is 0.311 e. The van der Waals surface area contributed by atoms with Crippen molar-refractivity contribution in [2.75, 3.05) is 13.1 Å². The summed E-state index contributed by atoms with van der Waals surface area (Å²) in [5, 5.41) is 13.3. The fourth-order valence-corrected chi connectivity index (χ4v) is 4.37. The predicted octanol–water partition coefficient (Wildman–Crippen LogP) is 2.38. The number of likely N-dealkylation sites (tertiary alicyclic amines) is 1. The van der Waals surface area contributed by atoms with E-state index in [1.807, 2.05) is 17.7 Å². The maximum Gasteiger partial charge on any atom is 0.311 e. The number of carboxylic acid groups (broad SMARTS) is 1. The van der Waals surface area contributed by atoms with Gasteiger partial charge in [0.1, 0.15) is 0 Å². The quantitative estimate of drug-likeness (QED) is 0.904. The van der Waals surface area contributed by atoms with E-state index in [2.05, 4.69) is 0 Å². The van der Waals surface area contributed by atoms with Gasteiger partial charge in [0.25, 0.3) is 5.91 Å². The highest BCUT2D eigenvalue weighted by atomic mass is 32.1. The number of thiophene rings is 1. The number of nitrogens with zero attached hydrogens (tertiary/aromatic N) is 1. The number of amides is 1. The number of aryl methyl sites for hydroxylation is 1. The molecule has 0 aromatic carbocycles. The molecular weight excluding hydrogens is 262 g/mol. The van der Waals surface area contributed by atoms with Crippen LogP contribution in [0.1, 0.15) is 35.2 Å². The van der Waals surface area contributed by atoms with Crippen LogP contribution in [0.25, 0.3) is 0 Å². The summed E-state index contributed by atoms with van der Waals surface area (Å²) in [5.74, 6) is -0.603. The van der Waals surface area contributed by atoms with Crippen LogP contribution in [0.2, 0.25) is 0 Å². The lowest BCUT2D eigenvalue weighted by Gasteiger charge is -2.23. The van der Waals surface area contributed by atoms with Crippen LogP contribution >= 0.6 is 11.3 Å². The molecule has 5 heteroatoms. The molecule has 1 saturated carbocycles. The molecule has 1 amide bonds. The average molecular weight is 279 g/mol. The third kappa shape index (κ3) is 1.79. The standard InChI is InChI=1S/C14H17NO3S/c1-9-6-19-7-11(9)12(16)15-5-10-3-2-4-14(10,8-15)13(17)18/h6-7,10H,2-5,8H2,1H3,(H,17,18)/t10-,14+/m0/s1. The van der Waals surface area contributed by atoms with Crippen molar-refractivity contribution in [2.45, 2.75) is 26.2 Å². The normalized spacial score (nSPS) is 29.5. The Hall–Kier alpha value is -1.36. The number of carbonyl (C=O) groups is 2. The van der Waals surface area contributed by atoms with E-state index in [9.17, 15) is 14.7 Å². The molecule has 1 aromatic heterocycles. The van der Waals surface area contributed by atoms with Gasteiger partial charge in [-0.2, -0.15) is 11.3 Å². The Labute approximate surface area is 116 Å². The Kier molecular flexibility index (Phi) is 2.89. The van der Waals surface area contributed by atoms with E-state index < -0.39 is 11.4 Å². The third-order valence-electron chi connectivity index (χ3n) is 4.67. The summed E-state index contributed by atoms with van der Waals surface area (Å²) < 4.78 is 0. The first-order valence-electron chi connectivity index (χ1n) is 6.60. The zero-order valence-electron chi connectivity index (χ0n) is 10.9. The van der Waals surface area contributed by atoms with E-state index in [1.54, 1.807) is 4.90 Å². The molecule has 3 rings (SSSR count). The summed E-state index contributed by atoms with van der Waals surface area (Å²) in [6, 6.07) is 0. The lowest BCUT2D eigenvalue weighted by Crippen LogP contribution is -2.37. The van der Waals surface area contributed by atoms with Crippen molar-refractivity contribution >= 4 is 23.2 Å². The van der Waals surface area contributed by atoms with Crippen LogP contribution in [0.4, 0.5) is 0 Å². The molecule has 1 aliphatic heterocycles. The molecule has 2 aliphatic rings. The summed E-state index contributed by atoms with van der Waals surface area (Å²) in [6.45, 7) is 2.90. The second-order valence-corrected chi connectivity index (χ2v) is 6.45. The van der Waals surface area contributed by atoms with Gasteiger partial charge in [0, 0.05) is 18.5 Å². The minimum atomic E-state index is -0.729. The Balaban J connectivity index is 1.85. The molecule has 1 aromatic rings. The second-order valence-electron chi connectivity index (χ2n) is 5.70. The number of carbonyl (C=O) groups excluding carboxylic acids is 1. The van der Waals surface area contributed by atoms with E-state index in [0.29, 0.717) is 19.5 Å². The zero-order valence-corrected chi connectivity index (χ0v) is 11.7. The molecule has 1 N–H and O–H groups in total. The van der Waals surface area contributed by atoms with Crippen molar-refractivity contribution in [1.29, 1.82) is 0 Å². The topological polar surface area (TPSA) is 57.6 Å². The van der Waals surface area contributed by atoms with Crippen molar-refractivity contribution in [3.05, 3.63) is 21.9 Å². The van der Waals surface area contributed by atoms with E-state index in [0.717, 1.165) is 24.0 Å². The van der Waals surface area contributed by atoms with Crippen molar-refractivity contribution in [3.8, 4) is 0 Å². The fraction of sp³-hybridized carbons (Fsp3) is 0.571. The molecule has 102 valence electrons. The first kappa shape index (κ1) is 12.7. The van der Waals surface area contributed by atoms with Gasteiger partial charge in [-0.3, -0.25) is 9.59 Å². The molecule has 0 spiro atoms. The first-order valence-corrected chi connectivity index (χ1v) is 7.54. The van der Waals surface area contributed by atoms with Crippen molar-refractivity contribution in [1.82, 2.24) is 4.90 Å². The molecule has 1 saturated heterocycles. The summed E-state index contributed by atoms with van der Waals surface area (Å²) >= 11 is 1.52. The van der Waals surface area contributed by atoms with Crippen LogP contribution in [0, 0.1) is 18.3 Å². The van der Waals surface area contributed by atoms with Crippen LogP contribution in [0.15, 0.2) is 10.8 Å². The number of hydrogen-bond donors (Lipinski definition) is 1. The van der Waals surface area contributed by atoms with Gasteiger partial charge in [0.15, 0.2) is 0 Å². The van der Waals surface area contributed by atoms with Gasteiger partial charge < -0.3 is 10.0 Å².